The first kappa shape index (κ1) is 43.8. The summed E-state index contributed by atoms with van der Waals surface area (Å²) in [6.07, 6.45) is 0. The maximum atomic E-state index is 11.9. The molecule has 8 bridgehead atoms. The standard InChI is InChI=1S/C52H40O16/c53-25-1-21(2-26(54)9-25)49-33-13-35(43(63)17-41(33)61)50(22-3-27(55)10-28(56)4-22)37-15-39(47(67)19-45(37)65)52(24-7-31(59)12-32(60)8-24)40-16-38(46(66)20-48(40)68)51(23-5-29(57)11-30(58)6-23)36-14-34(49)42(62)18-44(36)64/h1-20,49-68H. The summed E-state index contributed by atoms with van der Waals surface area (Å²) < 4.78 is 0. The van der Waals surface area contributed by atoms with Crippen LogP contribution in [0, 0.1) is 0 Å². The zero-order chi connectivity index (χ0) is 48.6. The third-order valence-corrected chi connectivity index (χ3v) is 12.2. The molecule has 0 saturated heterocycles. The molecule has 0 fully saturated rings. The van der Waals surface area contributed by atoms with Gasteiger partial charge in [0.1, 0.15) is 92.0 Å². The van der Waals surface area contributed by atoms with E-state index in [0.717, 1.165) is 48.5 Å². The molecule has 1 aliphatic carbocycles. The minimum absolute atomic E-state index is 0.00216. The molecule has 0 atom stereocenters. The Morgan fingerprint density at radius 3 is 0.426 bits per heavy atom. The highest BCUT2D eigenvalue weighted by Gasteiger charge is 2.36. The van der Waals surface area contributed by atoms with E-state index in [1.165, 1.54) is 72.8 Å². The third-order valence-electron chi connectivity index (χ3n) is 12.2. The highest BCUT2D eigenvalue weighted by Crippen LogP contribution is 2.55. The Morgan fingerprint density at radius 2 is 0.294 bits per heavy atom. The van der Waals surface area contributed by atoms with E-state index in [9.17, 15) is 81.7 Å². The van der Waals surface area contributed by atoms with Crippen LogP contribution in [0.4, 0.5) is 0 Å². The molecule has 0 radical (unpaired) electrons. The predicted molar refractivity (Wildman–Crippen MR) is 242 cm³/mol. The van der Waals surface area contributed by atoms with Crippen LogP contribution < -0.4 is 0 Å². The molecule has 0 spiro atoms. The number of phenols is 16. The Balaban J connectivity index is 1.51. The molecule has 16 N–H and O–H groups in total. The minimum Gasteiger partial charge on any atom is -0.508 e. The van der Waals surface area contributed by atoms with Crippen LogP contribution in [0.3, 0.4) is 0 Å². The second-order valence-corrected chi connectivity index (χ2v) is 16.7. The van der Waals surface area contributed by atoms with Gasteiger partial charge in [0.05, 0.1) is 0 Å². The second kappa shape index (κ2) is 16.2. The lowest BCUT2D eigenvalue weighted by Gasteiger charge is -2.30. The summed E-state index contributed by atoms with van der Waals surface area (Å²) in [6, 6.07) is 22.4. The van der Waals surface area contributed by atoms with Gasteiger partial charge in [0.15, 0.2) is 0 Å². The zero-order valence-corrected chi connectivity index (χ0v) is 35.0. The highest BCUT2D eigenvalue weighted by molar-refractivity contribution is 5.68. The van der Waals surface area contributed by atoms with Crippen LogP contribution in [-0.2, 0) is 0 Å². The van der Waals surface area contributed by atoms with Crippen LogP contribution in [0.5, 0.6) is 92.0 Å². The maximum Gasteiger partial charge on any atom is 0.123 e. The van der Waals surface area contributed by atoms with Crippen molar-refractivity contribution in [3.05, 3.63) is 188 Å². The maximum absolute atomic E-state index is 11.9. The van der Waals surface area contributed by atoms with E-state index >= 15 is 0 Å². The van der Waals surface area contributed by atoms with Crippen molar-refractivity contribution in [2.75, 3.05) is 0 Å². The highest BCUT2D eigenvalue weighted by atomic mass is 16.3. The fourth-order valence-electron chi connectivity index (χ4n) is 9.54. The summed E-state index contributed by atoms with van der Waals surface area (Å²) in [7, 11) is 0. The average Bonchev–Trinajstić information content (AvgIpc) is 3.22. The SMILES string of the molecule is Oc1cc(O)cc(C2c3cc(c(O)cc3O)C(c3cc(O)cc(O)c3)c3cc(c(O)cc3O)C(c3cc(O)cc(O)c3)c3cc(c(O)cc3O)C(c3cc(O)cc(O)c3)c3cc2c(O)cc3O)c1. The second-order valence-electron chi connectivity index (χ2n) is 16.7. The van der Waals surface area contributed by atoms with E-state index in [1.807, 2.05) is 0 Å². The van der Waals surface area contributed by atoms with Crippen LogP contribution in [-0.4, -0.2) is 81.7 Å². The molecule has 0 saturated carbocycles. The van der Waals surface area contributed by atoms with Gasteiger partial charge in [-0.2, -0.15) is 0 Å². The molecule has 9 rings (SSSR count). The molecule has 1 aliphatic rings. The minimum atomic E-state index is -1.48. The van der Waals surface area contributed by atoms with Gasteiger partial charge in [-0.25, -0.2) is 0 Å². The number of fused-ring (bicyclic) bond motifs is 8. The number of phenolic OH excluding ortho intramolecular Hbond substituents is 16. The van der Waals surface area contributed by atoms with Gasteiger partial charge in [-0.1, -0.05) is 0 Å². The van der Waals surface area contributed by atoms with Gasteiger partial charge in [-0.3, -0.25) is 0 Å². The quantitative estimate of drug-likeness (QED) is 0.0794. The lowest BCUT2D eigenvalue weighted by atomic mass is 9.75. The fourth-order valence-corrected chi connectivity index (χ4v) is 9.54. The Bertz CT molecular complexity index is 2740. The monoisotopic (exact) mass is 920 g/mol. The van der Waals surface area contributed by atoms with Crippen molar-refractivity contribution in [1.82, 2.24) is 0 Å². The lowest BCUT2D eigenvalue weighted by molar-refractivity contribution is 0.427. The van der Waals surface area contributed by atoms with Crippen molar-refractivity contribution in [1.29, 1.82) is 0 Å². The van der Waals surface area contributed by atoms with E-state index in [0.29, 0.717) is 0 Å². The first-order valence-electron chi connectivity index (χ1n) is 20.6. The molecule has 0 aliphatic heterocycles. The van der Waals surface area contributed by atoms with Gasteiger partial charge in [0, 0.05) is 117 Å². The van der Waals surface area contributed by atoms with E-state index < -0.39 is 116 Å². The van der Waals surface area contributed by atoms with Crippen molar-refractivity contribution >= 4 is 0 Å². The molecule has 0 aromatic heterocycles. The van der Waals surface area contributed by atoms with Crippen LogP contribution in [0.1, 0.15) is 90.4 Å². The largest absolute Gasteiger partial charge is 0.508 e. The van der Waals surface area contributed by atoms with Crippen molar-refractivity contribution in [3.63, 3.8) is 0 Å². The number of hydrogen-bond donors (Lipinski definition) is 16. The zero-order valence-electron chi connectivity index (χ0n) is 35.0. The van der Waals surface area contributed by atoms with Crippen molar-refractivity contribution in [3.8, 4) is 92.0 Å². The Hall–Kier alpha value is -9.44. The average molecular weight is 921 g/mol. The van der Waals surface area contributed by atoms with Gasteiger partial charge in [0.25, 0.3) is 0 Å². The normalized spacial score (nSPS) is 16.6. The molecule has 16 nitrogen and oxygen atoms in total. The van der Waals surface area contributed by atoms with Crippen molar-refractivity contribution in [2.45, 2.75) is 23.7 Å². The van der Waals surface area contributed by atoms with E-state index in [2.05, 4.69) is 0 Å². The van der Waals surface area contributed by atoms with E-state index in [-0.39, 0.29) is 66.8 Å². The van der Waals surface area contributed by atoms with E-state index in [1.54, 1.807) is 0 Å². The number of aromatic hydroxyl groups is 16. The molecule has 0 amide bonds. The summed E-state index contributed by atoms with van der Waals surface area (Å²) in [5.74, 6) is -14.8. The lowest BCUT2D eigenvalue weighted by Crippen LogP contribution is -2.13. The smallest absolute Gasteiger partial charge is 0.123 e. The molecular formula is C52H40O16. The van der Waals surface area contributed by atoms with Gasteiger partial charge < -0.3 is 81.7 Å². The molecule has 8 aromatic carbocycles. The number of benzene rings is 8. The molecule has 0 heterocycles. The first-order valence-corrected chi connectivity index (χ1v) is 20.6. The summed E-state index contributed by atoms with van der Waals surface area (Å²) in [5.41, 5.74) is -1.29. The van der Waals surface area contributed by atoms with Crippen LogP contribution in [0.25, 0.3) is 0 Å². The third kappa shape index (κ3) is 7.70. The molecular weight excluding hydrogens is 881 g/mol. The topological polar surface area (TPSA) is 324 Å². The van der Waals surface area contributed by atoms with Gasteiger partial charge in [-0.05, 0) is 95.1 Å². The van der Waals surface area contributed by atoms with Gasteiger partial charge in [0.2, 0.25) is 0 Å². The number of rotatable bonds is 4. The van der Waals surface area contributed by atoms with Crippen LogP contribution in [0.15, 0.2) is 121 Å². The summed E-state index contributed by atoms with van der Waals surface area (Å²) in [4.78, 5) is 0. The summed E-state index contributed by atoms with van der Waals surface area (Å²) in [5, 5.41) is 182. The molecule has 0 unspecified atom stereocenters. The van der Waals surface area contributed by atoms with E-state index in [4.69, 9.17) is 0 Å². The van der Waals surface area contributed by atoms with Gasteiger partial charge in [-0.15, -0.1) is 0 Å². The fraction of sp³-hybridized carbons (Fsp3) is 0.0769. The number of hydrogen-bond acceptors (Lipinski definition) is 16. The summed E-state index contributed by atoms with van der Waals surface area (Å²) in [6.45, 7) is 0. The van der Waals surface area contributed by atoms with Crippen molar-refractivity contribution < 1.29 is 81.7 Å². The Morgan fingerprint density at radius 1 is 0.162 bits per heavy atom. The van der Waals surface area contributed by atoms with Crippen LogP contribution in [0.2, 0.25) is 0 Å². The predicted octanol–water partition coefficient (Wildman–Crippen LogP) is 8.01. The molecule has 344 valence electrons. The first-order chi connectivity index (χ1) is 32.2. The van der Waals surface area contributed by atoms with Crippen molar-refractivity contribution in [2.24, 2.45) is 0 Å². The van der Waals surface area contributed by atoms with Crippen LogP contribution >= 0.6 is 0 Å². The summed E-state index contributed by atoms with van der Waals surface area (Å²) >= 11 is 0. The molecule has 68 heavy (non-hydrogen) atoms. The molecule has 16 heteroatoms. The Kier molecular flexibility index (Phi) is 10.4. The Labute approximate surface area is 384 Å². The van der Waals surface area contributed by atoms with Gasteiger partial charge >= 0.3 is 0 Å². The molecule has 8 aromatic rings.